The van der Waals surface area contributed by atoms with Crippen LogP contribution in [0.15, 0.2) is 47.0 Å². The molecule has 0 saturated heterocycles. The fraction of sp³-hybridized carbons (Fsp3) is 0.0625. The average Bonchev–Trinajstić information content (AvgIpc) is 2.83. The summed E-state index contributed by atoms with van der Waals surface area (Å²) in [4.78, 5) is 0. The maximum Gasteiger partial charge on any atom is 0.177 e. The molecule has 3 aromatic rings. The van der Waals surface area contributed by atoms with Crippen LogP contribution in [0, 0.1) is 6.92 Å². The highest BCUT2D eigenvalue weighted by molar-refractivity contribution is 6.32. The Balaban J connectivity index is 2.24. The summed E-state index contributed by atoms with van der Waals surface area (Å²) in [5.74, 6) is 0.918. The molecule has 0 aliphatic rings. The van der Waals surface area contributed by atoms with Crippen LogP contribution in [0.25, 0.3) is 22.5 Å². The van der Waals surface area contributed by atoms with Crippen molar-refractivity contribution in [2.75, 3.05) is 5.73 Å². The van der Waals surface area contributed by atoms with Gasteiger partial charge in [0, 0.05) is 15.6 Å². The molecule has 21 heavy (non-hydrogen) atoms. The van der Waals surface area contributed by atoms with E-state index in [0.29, 0.717) is 21.6 Å². The Morgan fingerprint density at radius 2 is 1.86 bits per heavy atom. The summed E-state index contributed by atoms with van der Waals surface area (Å²) in [7, 11) is 0. The van der Waals surface area contributed by atoms with E-state index in [9.17, 15) is 0 Å². The molecule has 2 N–H and O–H groups in total. The van der Waals surface area contributed by atoms with Crippen LogP contribution in [0.4, 0.5) is 5.82 Å². The monoisotopic (exact) mass is 318 g/mol. The third-order valence-corrected chi connectivity index (χ3v) is 3.99. The Labute approximate surface area is 132 Å². The van der Waals surface area contributed by atoms with E-state index in [0.717, 1.165) is 22.3 Å². The summed E-state index contributed by atoms with van der Waals surface area (Å²) in [6.07, 6.45) is 0. The van der Waals surface area contributed by atoms with Crippen LogP contribution in [0.1, 0.15) is 5.56 Å². The molecule has 0 fully saturated rings. The fourth-order valence-electron chi connectivity index (χ4n) is 2.26. The second-order valence-electron chi connectivity index (χ2n) is 4.69. The molecule has 0 aliphatic heterocycles. The lowest BCUT2D eigenvalue weighted by atomic mass is 9.99. The fourth-order valence-corrected chi connectivity index (χ4v) is 2.63. The maximum absolute atomic E-state index is 6.18. The Morgan fingerprint density at radius 3 is 2.62 bits per heavy atom. The summed E-state index contributed by atoms with van der Waals surface area (Å²) in [5.41, 5.74) is 9.33. The van der Waals surface area contributed by atoms with Gasteiger partial charge in [-0.3, -0.25) is 0 Å². The summed E-state index contributed by atoms with van der Waals surface area (Å²) in [6, 6.07) is 13.0. The van der Waals surface area contributed by atoms with Gasteiger partial charge in [0.2, 0.25) is 0 Å². The van der Waals surface area contributed by atoms with Crippen molar-refractivity contribution < 1.29 is 4.52 Å². The standard InChI is InChI=1S/C16H12Cl2N2O/c1-9-12(6-3-7-13(9)18)15-14(16(19)20-21-15)10-4-2-5-11(17)8-10/h2-8H,1H3,(H2,19,20). The van der Waals surface area contributed by atoms with Crippen molar-refractivity contribution in [1.29, 1.82) is 0 Å². The van der Waals surface area contributed by atoms with Crippen LogP contribution in [-0.4, -0.2) is 5.16 Å². The number of hydrogen-bond donors (Lipinski definition) is 1. The molecule has 3 rings (SSSR count). The highest BCUT2D eigenvalue weighted by atomic mass is 35.5. The van der Waals surface area contributed by atoms with Crippen LogP contribution >= 0.6 is 23.2 Å². The number of nitrogens with zero attached hydrogens (tertiary/aromatic N) is 1. The molecular weight excluding hydrogens is 307 g/mol. The quantitative estimate of drug-likeness (QED) is 0.706. The van der Waals surface area contributed by atoms with E-state index in [1.165, 1.54) is 0 Å². The van der Waals surface area contributed by atoms with E-state index >= 15 is 0 Å². The van der Waals surface area contributed by atoms with Crippen LogP contribution < -0.4 is 5.73 Å². The number of nitrogens with two attached hydrogens (primary N) is 1. The van der Waals surface area contributed by atoms with E-state index in [4.69, 9.17) is 33.5 Å². The van der Waals surface area contributed by atoms with Gasteiger partial charge >= 0.3 is 0 Å². The molecule has 1 aromatic heterocycles. The zero-order valence-corrected chi connectivity index (χ0v) is 12.7. The average molecular weight is 319 g/mol. The molecule has 0 saturated carbocycles. The van der Waals surface area contributed by atoms with Gasteiger partial charge in [0.15, 0.2) is 11.6 Å². The number of nitrogen functional groups attached to an aromatic ring is 1. The predicted molar refractivity (Wildman–Crippen MR) is 86.5 cm³/mol. The maximum atomic E-state index is 6.18. The molecular formula is C16H12Cl2N2O. The Kier molecular flexibility index (Phi) is 3.62. The lowest BCUT2D eigenvalue weighted by Gasteiger charge is -2.07. The second-order valence-corrected chi connectivity index (χ2v) is 5.54. The molecule has 0 spiro atoms. The zero-order valence-electron chi connectivity index (χ0n) is 11.2. The van der Waals surface area contributed by atoms with Gasteiger partial charge in [-0.05, 0) is 36.2 Å². The van der Waals surface area contributed by atoms with E-state index in [2.05, 4.69) is 5.16 Å². The van der Waals surface area contributed by atoms with Crippen LogP contribution in [0.3, 0.4) is 0 Å². The van der Waals surface area contributed by atoms with Crippen LogP contribution in [0.2, 0.25) is 10.0 Å². The molecule has 0 unspecified atom stereocenters. The summed E-state index contributed by atoms with van der Waals surface area (Å²) in [5, 5.41) is 5.18. The zero-order chi connectivity index (χ0) is 15.0. The smallest absolute Gasteiger partial charge is 0.177 e. The highest BCUT2D eigenvalue weighted by Crippen LogP contribution is 2.39. The predicted octanol–water partition coefficient (Wildman–Crippen LogP) is 5.21. The van der Waals surface area contributed by atoms with Gasteiger partial charge in [-0.25, -0.2) is 0 Å². The molecule has 1 heterocycles. The van der Waals surface area contributed by atoms with E-state index < -0.39 is 0 Å². The number of aromatic nitrogens is 1. The van der Waals surface area contributed by atoms with Crippen molar-refractivity contribution in [2.24, 2.45) is 0 Å². The van der Waals surface area contributed by atoms with Gasteiger partial charge < -0.3 is 10.3 Å². The number of rotatable bonds is 2. The van der Waals surface area contributed by atoms with E-state index in [1.807, 2.05) is 43.3 Å². The van der Waals surface area contributed by atoms with Crippen molar-refractivity contribution in [2.45, 2.75) is 6.92 Å². The van der Waals surface area contributed by atoms with Crippen LogP contribution in [-0.2, 0) is 0 Å². The highest BCUT2D eigenvalue weighted by Gasteiger charge is 2.19. The Bertz CT molecular complexity index is 812. The largest absolute Gasteiger partial charge is 0.380 e. The molecule has 106 valence electrons. The van der Waals surface area contributed by atoms with E-state index in [-0.39, 0.29) is 0 Å². The van der Waals surface area contributed by atoms with Crippen molar-refractivity contribution in [1.82, 2.24) is 5.16 Å². The van der Waals surface area contributed by atoms with Crippen molar-refractivity contribution in [3.8, 4) is 22.5 Å². The van der Waals surface area contributed by atoms with E-state index in [1.54, 1.807) is 6.07 Å². The third-order valence-electron chi connectivity index (χ3n) is 3.34. The molecule has 3 nitrogen and oxygen atoms in total. The minimum absolute atomic E-state index is 0.326. The molecule has 2 aromatic carbocycles. The second kappa shape index (κ2) is 5.43. The Morgan fingerprint density at radius 1 is 1.10 bits per heavy atom. The first-order valence-corrected chi connectivity index (χ1v) is 7.10. The van der Waals surface area contributed by atoms with Gasteiger partial charge in [-0.2, -0.15) is 0 Å². The number of halogens is 2. The minimum Gasteiger partial charge on any atom is -0.380 e. The molecule has 0 bridgehead atoms. The van der Waals surface area contributed by atoms with Gasteiger partial charge in [0.25, 0.3) is 0 Å². The van der Waals surface area contributed by atoms with Gasteiger partial charge in [-0.1, -0.05) is 52.6 Å². The van der Waals surface area contributed by atoms with Gasteiger partial charge in [0.05, 0.1) is 5.56 Å². The van der Waals surface area contributed by atoms with Gasteiger partial charge in [-0.15, -0.1) is 0 Å². The topological polar surface area (TPSA) is 52.0 Å². The molecule has 0 atom stereocenters. The van der Waals surface area contributed by atoms with Gasteiger partial charge in [0.1, 0.15) is 0 Å². The molecule has 0 radical (unpaired) electrons. The van der Waals surface area contributed by atoms with Crippen molar-refractivity contribution in [3.63, 3.8) is 0 Å². The summed E-state index contributed by atoms with van der Waals surface area (Å²) < 4.78 is 5.43. The minimum atomic E-state index is 0.326. The van der Waals surface area contributed by atoms with Crippen molar-refractivity contribution >= 4 is 29.0 Å². The lowest BCUT2D eigenvalue weighted by Crippen LogP contribution is -1.90. The molecule has 0 aliphatic carbocycles. The third kappa shape index (κ3) is 2.50. The number of hydrogen-bond acceptors (Lipinski definition) is 3. The Hall–Kier alpha value is -1.97. The lowest BCUT2D eigenvalue weighted by molar-refractivity contribution is 0.436. The summed E-state index contributed by atoms with van der Waals surface area (Å²) >= 11 is 12.2. The SMILES string of the molecule is Cc1c(Cl)cccc1-c1onc(N)c1-c1cccc(Cl)c1. The first-order chi connectivity index (χ1) is 10.1. The summed E-state index contributed by atoms with van der Waals surface area (Å²) in [6.45, 7) is 1.93. The molecule has 5 heteroatoms. The first kappa shape index (κ1) is 14.0. The normalized spacial score (nSPS) is 10.8. The van der Waals surface area contributed by atoms with Crippen molar-refractivity contribution in [3.05, 3.63) is 58.1 Å². The number of anilines is 1. The van der Waals surface area contributed by atoms with Crippen LogP contribution in [0.5, 0.6) is 0 Å². The number of benzene rings is 2. The first-order valence-electron chi connectivity index (χ1n) is 6.34. The molecule has 0 amide bonds.